The number of hydrogen-bond acceptors (Lipinski definition) is 2. The van der Waals surface area contributed by atoms with Gasteiger partial charge in [0.25, 0.3) is 5.91 Å². The lowest BCUT2D eigenvalue weighted by molar-refractivity contribution is 0.0768. The van der Waals surface area contributed by atoms with Gasteiger partial charge in [-0.05, 0) is 47.5 Å². The second-order valence-electron chi connectivity index (χ2n) is 4.08. The van der Waals surface area contributed by atoms with Gasteiger partial charge >= 0.3 is 0 Å². The van der Waals surface area contributed by atoms with Crippen LogP contribution in [0.15, 0.2) is 22.7 Å². The van der Waals surface area contributed by atoms with Crippen molar-refractivity contribution in [3.05, 3.63) is 33.8 Å². The van der Waals surface area contributed by atoms with E-state index in [-0.39, 0.29) is 5.91 Å². The molecule has 0 unspecified atom stereocenters. The highest BCUT2D eigenvalue weighted by Gasteiger charge is 2.16. The summed E-state index contributed by atoms with van der Waals surface area (Å²) in [7, 11) is 0. The van der Waals surface area contributed by atoms with Crippen LogP contribution in [0.5, 0.6) is 0 Å². The van der Waals surface area contributed by atoms with Crippen molar-refractivity contribution in [2.45, 2.75) is 20.3 Å². The highest BCUT2D eigenvalue weighted by Crippen LogP contribution is 2.20. The lowest BCUT2D eigenvalue weighted by Crippen LogP contribution is -2.33. The Labute approximate surface area is 121 Å². The third-order valence-corrected chi connectivity index (χ3v) is 3.51. The summed E-state index contributed by atoms with van der Waals surface area (Å²) in [6, 6.07) is 5.71. The van der Waals surface area contributed by atoms with E-state index in [1.165, 1.54) is 0 Å². The second-order valence-corrected chi connectivity index (χ2v) is 5.46. The Morgan fingerprint density at radius 2 is 2.17 bits per heavy atom. The summed E-state index contributed by atoms with van der Waals surface area (Å²) in [4.78, 5) is 14.5. The minimum atomic E-state index is 0.000579. The highest BCUT2D eigenvalue weighted by molar-refractivity contribution is 9.10. The largest absolute Gasteiger partial charge is 0.393 e. The predicted molar refractivity (Wildman–Crippen MR) is 81.9 cm³/mol. The van der Waals surface area contributed by atoms with Crippen LogP contribution in [-0.2, 0) is 0 Å². The third-order valence-electron chi connectivity index (χ3n) is 2.65. The number of nitrogens with two attached hydrogens (primary N) is 1. The Bertz CT molecular complexity index is 462. The summed E-state index contributed by atoms with van der Waals surface area (Å²) in [5, 5.41) is 0. The molecule has 0 atom stereocenters. The standard InChI is InChI=1S/C13H17BrN2OS/c1-3-16(7-6-12(15)18)13(17)10-5-4-9(2)8-11(10)14/h4-5,8H,3,6-7H2,1-2H3,(H2,15,18). The van der Waals surface area contributed by atoms with Gasteiger partial charge in [-0.2, -0.15) is 0 Å². The average Bonchev–Trinajstić information content (AvgIpc) is 2.29. The van der Waals surface area contributed by atoms with Crippen molar-refractivity contribution in [1.29, 1.82) is 0 Å². The first-order valence-corrected chi connectivity index (χ1v) is 6.99. The molecule has 2 N–H and O–H groups in total. The zero-order valence-electron chi connectivity index (χ0n) is 10.6. The van der Waals surface area contributed by atoms with E-state index in [4.69, 9.17) is 18.0 Å². The molecule has 18 heavy (non-hydrogen) atoms. The second kappa shape index (κ2) is 6.85. The molecule has 0 heterocycles. The molecule has 0 aliphatic heterocycles. The molecule has 1 aromatic rings. The fourth-order valence-electron chi connectivity index (χ4n) is 1.61. The molecule has 0 spiro atoms. The van der Waals surface area contributed by atoms with Crippen LogP contribution in [-0.4, -0.2) is 28.9 Å². The molecule has 0 radical (unpaired) electrons. The summed E-state index contributed by atoms with van der Waals surface area (Å²) in [5.41, 5.74) is 7.26. The predicted octanol–water partition coefficient (Wildman–Crippen LogP) is 2.90. The van der Waals surface area contributed by atoms with E-state index < -0.39 is 0 Å². The topological polar surface area (TPSA) is 46.3 Å². The molecule has 0 aliphatic carbocycles. The van der Waals surface area contributed by atoms with Gasteiger partial charge in [0, 0.05) is 24.0 Å². The third kappa shape index (κ3) is 4.07. The number of halogens is 1. The molecule has 1 aromatic carbocycles. The highest BCUT2D eigenvalue weighted by atomic mass is 79.9. The van der Waals surface area contributed by atoms with Crippen molar-refractivity contribution in [2.75, 3.05) is 13.1 Å². The smallest absolute Gasteiger partial charge is 0.255 e. The molecular weight excluding hydrogens is 312 g/mol. The lowest BCUT2D eigenvalue weighted by Gasteiger charge is -2.21. The van der Waals surface area contributed by atoms with Crippen LogP contribution < -0.4 is 5.73 Å². The van der Waals surface area contributed by atoms with Gasteiger partial charge in [0.15, 0.2) is 0 Å². The van der Waals surface area contributed by atoms with Crippen LogP contribution in [0, 0.1) is 6.92 Å². The summed E-state index contributed by atoms with van der Waals surface area (Å²) in [5.74, 6) is 0.000579. The molecule has 0 bridgehead atoms. The Balaban J connectivity index is 2.86. The van der Waals surface area contributed by atoms with Crippen molar-refractivity contribution in [1.82, 2.24) is 4.90 Å². The molecule has 0 aliphatic rings. The van der Waals surface area contributed by atoms with Gasteiger partial charge in [0.05, 0.1) is 10.6 Å². The van der Waals surface area contributed by atoms with Crippen molar-refractivity contribution in [3.63, 3.8) is 0 Å². The number of carbonyl (C=O) groups is 1. The molecular formula is C13H17BrN2OS. The van der Waals surface area contributed by atoms with E-state index in [1.54, 1.807) is 4.90 Å². The first-order valence-electron chi connectivity index (χ1n) is 5.79. The SMILES string of the molecule is CCN(CCC(N)=S)C(=O)c1ccc(C)cc1Br. The minimum Gasteiger partial charge on any atom is -0.393 e. The monoisotopic (exact) mass is 328 g/mol. The van der Waals surface area contributed by atoms with Crippen molar-refractivity contribution < 1.29 is 4.79 Å². The average molecular weight is 329 g/mol. The maximum absolute atomic E-state index is 12.3. The minimum absolute atomic E-state index is 0.000579. The number of benzene rings is 1. The fourth-order valence-corrected chi connectivity index (χ4v) is 2.37. The van der Waals surface area contributed by atoms with Crippen LogP contribution in [0.4, 0.5) is 0 Å². The first-order chi connectivity index (χ1) is 8.45. The Hall–Kier alpha value is -0.940. The summed E-state index contributed by atoms with van der Waals surface area (Å²) < 4.78 is 0.821. The number of rotatable bonds is 5. The molecule has 0 aromatic heterocycles. The normalized spacial score (nSPS) is 10.2. The van der Waals surface area contributed by atoms with E-state index >= 15 is 0 Å². The molecule has 0 saturated heterocycles. The summed E-state index contributed by atoms with van der Waals surface area (Å²) >= 11 is 8.27. The van der Waals surface area contributed by atoms with Crippen molar-refractivity contribution in [2.24, 2.45) is 5.73 Å². The fraction of sp³-hybridized carbons (Fsp3) is 0.385. The quantitative estimate of drug-likeness (QED) is 0.845. The number of amides is 1. The van der Waals surface area contributed by atoms with Gasteiger partial charge < -0.3 is 10.6 Å². The van der Waals surface area contributed by atoms with Crippen molar-refractivity contribution in [3.8, 4) is 0 Å². The van der Waals surface area contributed by atoms with Gasteiger partial charge in [-0.1, -0.05) is 18.3 Å². The van der Waals surface area contributed by atoms with Crippen molar-refractivity contribution >= 4 is 39.0 Å². The van der Waals surface area contributed by atoms with Gasteiger partial charge in [-0.3, -0.25) is 4.79 Å². The van der Waals surface area contributed by atoms with Gasteiger partial charge in [0.2, 0.25) is 0 Å². The number of thiocarbonyl (C=S) groups is 1. The Kier molecular flexibility index (Phi) is 5.75. The summed E-state index contributed by atoms with van der Waals surface area (Å²) in [6.45, 7) is 5.13. The molecule has 98 valence electrons. The van der Waals surface area contributed by atoms with Gasteiger partial charge in [0.1, 0.15) is 0 Å². The van der Waals surface area contributed by atoms with E-state index in [1.807, 2.05) is 32.0 Å². The van der Waals surface area contributed by atoms with E-state index in [9.17, 15) is 4.79 Å². The number of nitrogens with zero attached hydrogens (tertiary/aromatic N) is 1. The Morgan fingerprint density at radius 3 is 2.67 bits per heavy atom. The number of hydrogen-bond donors (Lipinski definition) is 1. The van der Waals surface area contributed by atoms with Crippen LogP contribution in [0.2, 0.25) is 0 Å². The maximum Gasteiger partial charge on any atom is 0.255 e. The Morgan fingerprint density at radius 1 is 1.50 bits per heavy atom. The first kappa shape index (κ1) is 15.1. The zero-order valence-corrected chi connectivity index (χ0v) is 13.0. The molecule has 3 nitrogen and oxygen atoms in total. The molecule has 0 saturated carbocycles. The van der Waals surface area contributed by atoms with E-state index in [2.05, 4.69) is 15.9 Å². The number of carbonyl (C=O) groups excluding carboxylic acids is 1. The zero-order chi connectivity index (χ0) is 13.7. The molecule has 1 amide bonds. The molecule has 0 fully saturated rings. The molecule has 5 heteroatoms. The van der Waals surface area contributed by atoms with Crippen LogP contribution in [0.3, 0.4) is 0 Å². The summed E-state index contributed by atoms with van der Waals surface area (Å²) in [6.07, 6.45) is 0.554. The van der Waals surface area contributed by atoms with E-state index in [0.717, 1.165) is 10.0 Å². The lowest BCUT2D eigenvalue weighted by atomic mass is 10.1. The van der Waals surface area contributed by atoms with E-state index in [0.29, 0.717) is 30.1 Å². The maximum atomic E-state index is 12.3. The van der Waals surface area contributed by atoms with Crippen LogP contribution in [0.25, 0.3) is 0 Å². The number of aryl methyl sites for hydroxylation is 1. The van der Waals surface area contributed by atoms with Gasteiger partial charge in [-0.25, -0.2) is 0 Å². The van der Waals surface area contributed by atoms with Crippen LogP contribution >= 0.6 is 28.1 Å². The van der Waals surface area contributed by atoms with Gasteiger partial charge in [-0.15, -0.1) is 0 Å². The molecule has 1 rings (SSSR count). The van der Waals surface area contributed by atoms with Crippen LogP contribution in [0.1, 0.15) is 29.3 Å².